The highest BCUT2D eigenvalue weighted by atomic mass is 19.1. The summed E-state index contributed by atoms with van der Waals surface area (Å²) in [6, 6.07) is 0. The average Bonchev–Trinajstić information content (AvgIpc) is 2.05. The van der Waals surface area contributed by atoms with Crippen LogP contribution in [-0.2, 0) is 4.79 Å². The second-order valence-corrected chi connectivity index (χ2v) is 3.21. The van der Waals surface area contributed by atoms with Crippen LogP contribution >= 0.6 is 0 Å². The molecule has 0 amide bonds. The number of alkyl halides is 1. The van der Waals surface area contributed by atoms with Crippen LogP contribution in [0.4, 0.5) is 4.39 Å². The summed E-state index contributed by atoms with van der Waals surface area (Å²) in [5, 5.41) is 2.75. The van der Waals surface area contributed by atoms with Gasteiger partial charge in [0.05, 0.1) is 6.54 Å². The van der Waals surface area contributed by atoms with Gasteiger partial charge in [-0.2, -0.15) is 0 Å². The summed E-state index contributed by atoms with van der Waals surface area (Å²) in [6.07, 6.45) is 0.514. The predicted molar refractivity (Wildman–Crippen MR) is 54.7 cm³/mol. The monoisotopic (exact) mass is 191 g/mol. The van der Waals surface area contributed by atoms with E-state index in [4.69, 9.17) is 0 Å². The first-order valence-corrected chi connectivity index (χ1v) is 4.87. The van der Waals surface area contributed by atoms with Crippen LogP contribution in [0.2, 0.25) is 0 Å². The molecule has 0 saturated carbocycles. The number of hydrogen-bond donors (Lipinski definition) is 1. The zero-order valence-electron chi connectivity index (χ0n) is 9.41. The number of hydrogen-bond acceptors (Lipinski definition) is 2. The summed E-state index contributed by atoms with van der Waals surface area (Å²) < 4.78 is 12.8. The van der Waals surface area contributed by atoms with E-state index < -0.39 is 5.67 Å². The van der Waals surface area contributed by atoms with Crippen LogP contribution in [0, 0.1) is 0 Å². The van der Waals surface area contributed by atoms with Gasteiger partial charge in [-0.25, -0.2) is 4.39 Å². The molecule has 1 N–H and O–H groups in total. The van der Waals surface area contributed by atoms with Crippen molar-refractivity contribution in [3.8, 4) is 0 Å². The first-order chi connectivity index (χ1) is 5.95. The molecule has 0 unspecified atom stereocenters. The third-order valence-electron chi connectivity index (χ3n) is 1.26. The first kappa shape index (κ1) is 15.1. The smallest absolute Gasteiger partial charge is 0.146 e. The number of carbonyl (C=O) groups excluding carboxylic acids is 1. The van der Waals surface area contributed by atoms with Crippen molar-refractivity contribution in [3.05, 3.63) is 0 Å². The summed E-state index contributed by atoms with van der Waals surface area (Å²) in [7, 11) is 0. The number of nitrogens with one attached hydrogen (secondary N) is 1. The molecule has 0 aliphatic heterocycles. The molecule has 0 radical (unpaired) electrons. The Morgan fingerprint density at radius 2 is 1.85 bits per heavy atom. The van der Waals surface area contributed by atoms with Crippen LogP contribution < -0.4 is 5.32 Å². The lowest BCUT2D eigenvalue weighted by molar-refractivity contribution is -0.118. The molecular weight excluding hydrogens is 169 g/mol. The quantitative estimate of drug-likeness (QED) is 0.722. The molecule has 13 heavy (non-hydrogen) atoms. The van der Waals surface area contributed by atoms with Crippen molar-refractivity contribution in [1.82, 2.24) is 5.32 Å². The molecule has 0 fully saturated rings. The number of Topliss-reactive ketones (excluding diaryl/α,β-unsaturated/α-hetero) is 1. The standard InChI is InChI=1S/C8H16FNO.C2H6/c1-4-7(11)5-10-6-8(2,3)9;1-2/h10H,4-6H2,1-3H3;1-2H3. The lowest BCUT2D eigenvalue weighted by atomic mass is 10.2. The van der Waals surface area contributed by atoms with Gasteiger partial charge in [0.25, 0.3) is 0 Å². The Hall–Kier alpha value is -0.440. The summed E-state index contributed by atoms with van der Waals surface area (Å²) in [5.41, 5.74) is -1.23. The van der Waals surface area contributed by atoms with E-state index in [-0.39, 0.29) is 18.9 Å². The van der Waals surface area contributed by atoms with Crippen LogP contribution in [0.25, 0.3) is 0 Å². The lowest BCUT2D eigenvalue weighted by Gasteiger charge is -2.13. The van der Waals surface area contributed by atoms with E-state index in [0.29, 0.717) is 6.42 Å². The molecule has 80 valence electrons. The fourth-order valence-electron chi connectivity index (χ4n) is 0.624. The fraction of sp³-hybridized carbons (Fsp3) is 0.900. The van der Waals surface area contributed by atoms with Gasteiger partial charge in [0, 0.05) is 13.0 Å². The normalized spacial score (nSPS) is 10.3. The number of ketones is 1. The van der Waals surface area contributed by atoms with E-state index in [1.807, 2.05) is 13.8 Å². The molecule has 0 spiro atoms. The van der Waals surface area contributed by atoms with Gasteiger partial charge in [-0.1, -0.05) is 20.8 Å². The van der Waals surface area contributed by atoms with Gasteiger partial charge < -0.3 is 5.32 Å². The molecule has 0 aromatic carbocycles. The van der Waals surface area contributed by atoms with Crippen molar-refractivity contribution >= 4 is 5.78 Å². The van der Waals surface area contributed by atoms with Gasteiger partial charge >= 0.3 is 0 Å². The van der Waals surface area contributed by atoms with Crippen molar-refractivity contribution in [2.45, 2.75) is 46.7 Å². The van der Waals surface area contributed by atoms with Crippen LogP contribution in [0.3, 0.4) is 0 Å². The Labute approximate surface area is 80.9 Å². The van der Waals surface area contributed by atoms with E-state index in [1.54, 1.807) is 6.92 Å². The molecule has 0 atom stereocenters. The molecule has 0 saturated heterocycles. The van der Waals surface area contributed by atoms with Crippen molar-refractivity contribution < 1.29 is 9.18 Å². The molecular formula is C10H22FNO. The van der Waals surface area contributed by atoms with Gasteiger partial charge in [-0.05, 0) is 13.8 Å². The highest BCUT2D eigenvalue weighted by molar-refractivity contribution is 5.80. The SMILES string of the molecule is CC.CCC(=O)CNCC(C)(C)F. The Bertz CT molecular complexity index is 129. The predicted octanol–water partition coefficient (Wildman–Crippen LogP) is 2.33. The Morgan fingerprint density at radius 3 is 2.15 bits per heavy atom. The minimum absolute atomic E-state index is 0.120. The molecule has 2 nitrogen and oxygen atoms in total. The van der Waals surface area contributed by atoms with Gasteiger partial charge in [0.1, 0.15) is 11.5 Å². The number of carbonyl (C=O) groups is 1. The van der Waals surface area contributed by atoms with Crippen molar-refractivity contribution in [2.24, 2.45) is 0 Å². The van der Waals surface area contributed by atoms with Crippen LogP contribution in [-0.4, -0.2) is 24.5 Å². The van der Waals surface area contributed by atoms with Crippen molar-refractivity contribution in [3.63, 3.8) is 0 Å². The van der Waals surface area contributed by atoms with Gasteiger partial charge in [0.2, 0.25) is 0 Å². The van der Waals surface area contributed by atoms with E-state index >= 15 is 0 Å². The van der Waals surface area contributed by atoms with E-state index in [1.165, 1.54) is 13.8 Å². The van der Waals surface area contributed by atoms with E-state index in [2.05, 4.69) is 5.32 Å². The molecule has 0 aliphatic carbocycles. The molecule has 0 aliphatic rings. The van der Waals surface area contributed by atoms with Crippen LogP contribution in [0.5, 0.6) is 0 Å². The topological polar surface area (TPSA) is 29.1 Å². The second-order valence-electron chi connectivity index (χ2n) is 3.21. The molecule has 0 heterocycles. The summed E-state index contributed by atoms with van der Waals surface area (Å²) in [6.45, 7) is 9.28. The Kier molecular flexibility index (Phi) is 9.46. The summed E-state index contributed by atoms with van der Waals surface area (Å²) in [4.78, 5) is 10.7. The summed E-state index contributed by atoms with van der Waals surface area (Å²) in [5.74, 6) is 0.120. The van der Waals surface area contributed by atoms with Gasteiger partial charge in [-0.3, -0.25) is 4.79 Å². The molecule has 3 heteroatoms. The maximum Gasteiger partial charge on any atom is 0.146 e. The molecule has 0 rings (SSSR count). The van der Waals surface area contributed by atoms with E-state index in [0.717, 1.165) is 0 Å². The molecule has 0 bridgehead atoms. The lowest BCUT2D eigenvalue weighted by Crippen LogP contribution is -2.34. The fourth-order valence-corrected chi connectivity index (χ4v) is 0.624. The van der Waals surface area contributed by atoms with Crippen LogP contribution in [0.15, 0.2) is 0 Å². The second kappa shape index (κ2) is 8.17. The zero-order valence-corrected chi connectivity index (χ0v) is 9.41. The van der Waals surface area contributed by atoms with E-state index in [9.17, 15) is 9.18 Å². The summed E-state index contributed by atoms with van der Waals surface area (Å²) >= 11 is 0. The largest absolute Gasteiger partial charge is 0.307 e. The zero-order chi connectivity index (χ0) is 10.9. The average molecular weight is 191 g/mol. The van der Waals surface area contributed by atoms with Gasteiger partial charge in [0.15, 0.2) is 0 Å². The minimum atomic E-state index is -1.23. The first-order valence-electron chi connectivity index (χ1n) is 4.87. The number of rotatable bonds is 5. The maximum atomic E-state index is 12.8. The van der Waals surface area contributed by atoms with Gasteiger partial charge in [-0.15, -0.1) is 0 Å². The third-order valence-corrected chi connectivity index (χ3v) is 1.26. The number of halogens is 1. The highest BCUT2D eigenvalue weighted by Crippen LogP contribution is 2.04. The highest BCUT2D eigenvalue weighted by Gasteiger charge is 2.14. The van der Waals surface area contributed by atoms with Crippen molar-refractivity contribution in [1.29, 1.82) is 0 Å². The minimum Gasteiger partial charge on any atom is -0.307 e. The maximum absolute atomic E-state index is 12.8. The Balaban J connectivity index is 0. The molecule has 0 aromatic rings. The van der Waals surface area contributed by atoms with Crippen LogP contribution in [0.1, 0.15) is 41.0 Å². The molecule has 0 aromatic heterocycles. The van der Waals surface area contributed by atoms with Crippen molar-refractivity contribution in [2.75, 3.05) is 13.1 Å². The Morgan fingerprint density at radius 1 is 1.38 bits per heavy atom. The third kappa shape index (κ3) is 14.4.